The summed E-state index contributed by atoms with van der Waals surface area (Å²) in [5, 5.41) is 2.70. The van der Waals surface area contributed by atoms with E-state index >= 15 is 4.39 Å². The smallest absolute Gasteiger partial charge is 0.262 e. The number of hydrogen-bond acceptors (Lipinski definition) is 3. The van der Waals surface area contributed by atoms with E-state index in [1.807, 2.05) is 0 Å². The monoisotopic (exact) mass is 364 g/mol. The Morgan fingerprint density at radius 1 is 1.40 bits per heavy atom. The molecule has 3 rings (SSSR count). The van der Waals surface area contributed by atoms with Gasteiger partial charge in [0.1, 0.15) is 11.5 Å². The summed E-state index contributed by atoms with van der Waals surface area (Å²) >= 11 is 5.99. The summed E-state index contributed by atoms with van der Waals surface area (Å²) in [5.41, 5.74) is -1.92. The summed E-state index contributed by atoms with van der Waals surface area (Å²) in [7, 11) is 0. The van der Waals surface area contributed by atoms with Gasteiger partial charge >= 0.3 is 0 Å². The van der Waals surface area contributed by atoms with Crippen LogP contribution in [-0.2, 0) is 10.5 Å². The van der Waals surface area contributed by atoms with Gasteiger partial charge in [-0.1, -0.05) is 23.7 Å². The molecule has 0 saturated heterocycles. The fourth-order valence-corrected chi connectivity index (χ4v) is 3.29. The molecule has 25 heavy (non-hydrogen) atoms. The fraction of sp³-hybridized carbons (Fsp3) is 0.278. The normalized spacial score (nSPS) is 20.7. The van der Waals surface area contributed by atoms with Crippen molar-refractivity contribution in [2.75, 3.05) is 0 Å². The van der Waals surface area contributed by atoms with E-state index in [1.54, 1.807) is 6.92 Å². The third-order valence-electron chi connectivity index (χ3n) is 4.33. The number of carbonyl (C=O) groups excluding carboxylic acids is 2. The highest BCUT2D eigenvalue weighted by Gasteiger charge is 2.47. The molecule has 0 fully saturated rings. The lowest BCUT2D eigenvalue weighted by molar-refractivity contribution is -0.135. The summed E-state index contributed by atoms with van der Waals surface area (Å²) in [6, 6.07) is 6.03. The standard InChI is InChI=1S/C18H15ClF2N2O2/c1-10(12-5-4-11(20)9-14(12)19)23-17(25)18(21)7-6-15(24)16-13(18)3-2-8-22-16/h2-5,8-10H,6-7H2,1H3,(H,23,25)/t10-,18-/m0/s1. The summed E-state index contributed by atoms with van der Waals surface area (Å²) in [5.74, 6) is -1.66. The van der Waals surface area contributed by atoms with Crippen LogP contribution in [-0.4, -0.2) is 16.7 Å². The third kappa shape index (κ3) is 3.14. The number of carbonyl (C=O) groups is 2. The lowest BCUT2D eigenvalue weighted by atomic mass is 9.81. The maximum Gasteiger partial charge on any atom is 0.262 e. The fourth-order valence-electron chi connectivity index (χ4n) is 2.96. The molecule has 0 spiro atoms. The topological polar surface area (TPSA) is 59.1 Å². The Hall–Kier alpha value is -2.34. The molecule has 130 valence electrons. The number of fused-ring (bicyclic) bond motifs is 1. The molecule has 0 aliphatic heterocycles. The molecule has 0 saturated carbocycles. The van der Waals surface area contributed by atoms with Gasteiger partial charge in [0.25, 0.3) is 5.91 Å². The van der Waals surface area contributed by atoms with Crippen molar-refractivity contribution in [3.8, 4) is 0 Å². The number of nitrogens with zero attached hydrogens (tertiary/aromatic N) is 1. The Bertz CT molecular complexity index is 859. The van der Waals surface area contributed by atoms with Gasteiger partial charge in [-0.2, -0.15) is 0 Å². The van der Waals surface area contributed by atoms with E-state index in [0.29, 0.717) is 5.56 Å². The van der Waals surface area contributed by atoms with Gasteiger partial charge in [0.05, 0.1) is 6.04 Å². The maximum atomic E-state index is 15.5. The number of aromatic nitrogens is 1. The first-order valence-corrected chi connectivity index (χ1v) is 8.14. The number of Topliss-reactive ketones (excluding diaryl/α,β-unsaturated/α-hetero) is 1. The minimum atomic E-state index is -2.35. The van der Waals surface area contributed by atoms with Crippen LogP contribution in [0.4, 0.5) is 8.78 Å². The minimum absolute atomic E-state index is 0.0149. The van der Waals surface area contributed by atoms with Crippen LogP contribution in [0.25, 0.3) is 0 Å². The van der Waals surface area contributed by atoms with Gasteiger partial charge in [0.2, 0.25) is 5.67 Å². The second-order valence-corrected chi connectivity index (χ2v) is 6.39. The van der Waals surface area contributed by atoms with Crippen LogP contribution in [0.3, 0.4) is 0 Å². The number of alkyl halides is 1. The van der Waals surface area contributed by atoms with Crippen molar-refractivity contribution in [2.24, 2.45) is 0 Å². The first kappa shape index (κ1) is 17.5. The molecular formula is C18H15ClF2N2O2. The molecule has 1 aliphatic rings. The largest absolute Gasteiger partial charge is 0.346 e. The second-order valence-electron chi connectivity index (χ2n) is 5.98. The molecule has 1 amide bonds. The van der Waals surface area contributed by atoms with Gasteiger partial charge in [-0.15, -0.1) is 0 Å². The molecular weight excluding hydrogens is 350 g/mol. The molecule has 2 aromatic rings. The van der Waals surface area contributed by atoms with E-state index in [0.717, 1.165) is 6.07 Å². The first-order valence-electron chi connectivity index (χ1n) is 7.76. The predicted molar refractivity (Wildman–Crippen MR) is 88.6 cm³/mol. The molecule has 1 aliphatic carbocycles. The van der Waals surface area contributed by atoms with Crippen molar-refractivity contribution < 1.29 is 18.4 Å². The van der Waals surface area contributed by atoms with Gasteiger partial charge in [0.15, 0.2) is 5.78 Å². The molecule has 0 radical (unpaired) electrons. The van der Waals surface area contributed by atoms with Crippen LogP contribution in [0, 0.1) is 5.82 Å². The highest BCUT2D eigenvalue weighted by atomic mass is 35.5. The lowest BCUT2D eigenvalue weighted by Gasteiger charge is -2.30. The second kappa shape index (κ2) is 6.52. The van der Waals surface area contributed by atoms with Crippen molar-refractivity contribution in [2.45, 2.75) is 31.5 Å². The van der Waals surface area contributed by atoms with E-state index in [4.69, 9.17) is 11.6 Å². The van der Waals surface area contributed by atoms with Gasteiger partial charge in [-0.25, -0.2) is 8.78 Å². The van der Waals surface area contributed by atoms with Crippen molar-refractivity contribution in [3.63, 3.8) is 0 Å². The minimum Gasteiger partial charge on any atom is -0.346 e. The highest BCUT2D eigenvalue weighted by Crippen LogP contribution is 2.38. The number of amides is 1. The SMILES string of the molecule is C[C@H](NC(=O)[C@]1(F)CCC(=O)c2ncccc21)c1ccc(F)cc1Cl. The number of pyridine rings is 1. The number of nitrogens with one attached hydrogen (secondary N) is 1. The Morgan fingerprint density at radius 2 is 2.16 bits per heavy atom. The van der Waals surface area contributed by atoms with Crippen molar-refractivity contribution in [1.29, 1.82) is 0 Å². The van der Waals surface area contributed by atoms with Crippen molar-refractivity contribution >= 4 is 23.3 Å². The summed E-state index contributed by atoms with van der Waals surface area (Å²) in [4.78, 5) is 28.4. The van der Waals surface area contributed by atoms with Crippen LogP contribution >= 0.6 is 11.6 Å². The Labute approximate surface area is 148 Å². The van der Waals surface area contributed by atoms with E-state index in [1.165, 1.54) is 30.5 Å². The lowest BCUT2D eigenvalue weighted by Crippen LogP contribution is -2.45. The van der Waals surface area contributed by atoms with Crippen LogP contribution < -0.4 is 5.32 Å². The van der Waals surface area contributed by atoms with Crippen LogP contribution in [0.2, 0.25) is 5.02 Å². The molecule has 1 heterocycles. The van der Waals surface area contributed by atoms with Gasteiger partial charge in [0, 0.05) is 29.6 Å². The molecule has 1 N–H and O–H groups in total. The quantitative estimate of drug-likeness (QED) is 0.898. The zero-order valence-corrected chi connectivity index (χ0v) is 14.1. The van der Waals surface area contributed by atoms with Gasteiger partial charge in [-0.3, -0.25) is 14.6 Å². The Balaban J connectivity index is 1.88. The average Bonchev–Trinajstić information content (AvgIpc) is 2.58. The zero-order chi connectivity index (χ0) is 18.2. The number of hydrogen-bond donors (Lipinski definition) is 1. The van der Waals surface area contributed by atoms with Crippen LogP contribution in [0.5, 0.6) is 0 Å². The Morgan fingerprint density at radius 3 is 2.88 bits per heavy atom. The molecule has 0 bridgehead atoms. The first-order chi connectivity index (χ1) is 11.8. The van der Waals surface area contributed by atoms with E-state index in [9.17, 15) is 14.0 Å². The Kier molecular flexibility index (Phi) is 4.56. The van der Waals surface area contributed by atoms with E-state index in [-0.39, 0.29) is 34.9 Å². The third-order valence-corrected chi connectivity index (χ3v) is 4.66. The van der Waals surface area contributed by atoms with Gasteiger partial charge < -0.3 is 5.32 Å². The molecule has 4 nitrogen and oxygen atoms in total. The molecule has 1 aromatic heterocycles. The number of ketones is 1. The average molecular weight is 365 g/mol. The summed E-state index contributed by atoms with van der Waals surface area (Å²) in [6.45, 7) is 1.62. The highest BCUT2D eigenvalue weighted by molar-refractivity contribution is 6.31. The van der Waals surface area contributed by atoms with Crippen LogP contribution in [0.1, 0.15) is 47.4 Å². The van der Waals surface area contributed by atoms with Crippen LogP contribution in [0.15, 0.2) is 36.5 Å². The summed E-state index contributed by atoms with van der Waals surface area (Å²) < 4.78 is 28.6. The van der Waals surface area contributed by atoms with Gasteiger partial charge in [-0.05, 0) is 30.7 Å². The molecule has 7 heteroatoms. The number of halogens is 3. The van der Waals surface area contributed by atoms with Crippen molar-refractivity contribution in [1.82, 2.24) is 10.3 Å². The molecule has 0 unspecified atom stereocenters. The van der Waals surface area contributed by atoms with Crippen molar-refractivity contribution in [3.05, 3.63) is 64.2 Å². The predicted octanol–water partition coefficient (Wildman–Crippen LogP) is 3.89. The molecule has 1 aromatic carbocycles. The summed E-state index contributed by atoms with van der Waals surface area (Å²) in [6.07, 6.45) is 1.04. The van der Waals surface area contributed by atoms with E-state index < -0.39 is 23.4 Å². The zero-order valence-electron chi connectivity index (χ0n) is 13.4. The number of benzene rings is 1. The number of rotatable bonds is 3. The maximum absolute atomic E-state index is 15.5. The van der Waals surface area contributed by atoms with E-state index in [2.05, 4.69) is 10.3 Å². The molecule has 2 atom stereocenters.